The number of rotatable bonds is 5. The van der Waals surface area contributed by atoms with Crippen LogP contribution in [-0.4, -0.2) is 19.9 Å². The maximum Gasteiger partial charge on any atom is 0.164 e. The zero-order valence-corrected chi connectivity index (χ0v) is 30.5. The van der Waals surface area contributed by atoms with E-state index < -0.39 is 0 Å². The highest BCUT2D eigenvalue weighted by atomic mass is 16.3. The van der Waals surface area contributed by atoms with Crippen LogP contribution >= 0.6 is 0 Å². The second kappa shape index (κ2) is 12.4. The number of pyridine rings is 1. The molecular formula is C52H30N4O. The van der Waals surface area contributed by atoms with Crippen molar-refractivity contribution in [3.8, 4) is 78.8 Å². The van der Waals surface area contributed by atoms with Gasteiger partial charge in [0.2, 0.25) is 0 Å². The minimum Gasteiger partial charge on any atom is -0.456 e. The van der Waals surface area contributed by atoms with Crippen molar-refractivity contribution < 1.29 is 4.42 Å². The normalized spacial score (nSPS) is 11.9. The molecule has 0 radical (unpaired) electrons. The van der Waals surface area contributed by atoms with Crippen LogP contribution < -0.4 is 0 Å². The van der Waals surface area contributed by atoms with Gasteiger partial charge >= 0.3 is 0 Å². The average Bonchev–Trinajstić information content (AvgIpc) is 3.83. The third kappa shape index (κ3) is 4.96. The van der Waals surface area contributed by atoms with Gasteiger partial charge < -0.3 is 4.42 Å². The summed E-state index contributed by atoms with van der Waals surface area (Å²) in [5.41, 5.74) is 13.8. The Hall–Kier alpha value is -7.76. The Morgan fingerprint density at radius 1 is 0.333 bits per heavy atom. The average molecular weight is 727 g/mol. The fraction of sp³-hybridized carbons (Fsp3) is 0. The quantitative estimate of drug-likeness (QED) is 0.177. The molecule has 12 rings (SSSR count). The largest absolute Gasteiger partial charge is 0.456 e. The summed E-state index contributed by atoms with van der Waals surface area (Å²) in [5, 5.41) is 6.81. The van der Waals surface area contributed by atoms with Gasteiger partial charge in [-0.3, -0.25) is 4.98 Å². The molecule has 5 nitrogen and oxygen atoms in total. The van der Waals surface area contributed by atoms with E-state index in [2.05, 4.69) is 127 Å². The zero-order valence-electron chi connectivity index (χ0n) is 30.5. The molecule has 0 fully saturated rings. The summed E-state index contributed by atoms with van der Waals surface area (Å²) in [5.74, 6) is 1.87. The third-order valence-corrected chi connectivity index (χ3v) is 11.3. The van der Waals surface area contributed by atoms with Crippen LogP contribution in [0.25, 0.3) is 122 Å². The molecule has 0 N–H and O–H groups in total. The Labute approximate surface area is 327 Å². The van der Waals surface area contributed by atoms with Gasteiger partial charge in [-0.15, -0.1) is 0 Å². The van der Waals surface area contributed by atoms with Gasteiger partial charge in [0.15, 0.2) is 17.5 Å². The van der Waals surface area contributed by atoms with Crippen LogP contribution in [0, 0.1) is 0 Å². The number of benzene rings is 8. The minimum absolute atomic E-state index is 0.620. The van der Waals surface area contributed by atoms with Gasteiger partial charge in [0.1, 0.15) is 11.2 Å². The van der Waals surface area contributed by atoms with Crippen molar-refractivity contribution in [3.63, 3.8) is 0 Å². The van der Waals surface area contributed by atoms with Gasteiger partial charge in [0, 0.05) is 44.6 Å². The number of furan rings is 1. The van der Waals surface area contributed by atoms with Gasteiger partial charge in [-0.1, -0.05) is 140 Å². The number of nitrogens with zero attached hydrogens (tertiary/aromatic N) is 4. The lowest BCUT2D eigenvalue weighted by Gasteiger charge is -2.14. The summed E-state index contributed by atoms with van der Waals surface area (Å²) in [6, 6.07) is 61.4. The van der Waals surface area contributed by atoms with Crippen molar-refractivity contribution in [1.82, 2.24) is 19.9 Å². The van der Waals surface area contributed by atoms with Gasteiger partial charge in [-0.25, -0.2) is 15.0 Å². The molecule has 0 atom stereocenters. The van der Waals surface area contributed by atoms with Crippen molar-refractivity contribution in [3.05, 3.63) is 182 Å². The lowest BCUT2D eigenvalue weighted by Crippen LogP contribution is -2.00. The first kappa shape index (κ1) is 31.6. The standard InChI is InChI=1S/C52H30N4O/c1-2-11-32(12-3-1)50-54-51(33-23-21-31(22-24-33)35-29-34-27-28-53-49-41-16-7-6-15-38(41)44(30-35)47(34)49)56-52(55-50)42-26-25-39(36-13-4-5-14-37(36)42)40-18-10-20-46-48(40)43-17-8-9-19-45(43)57-46/h1-30H. The monoisotopic (exact) mass is 726 g/mol. The van der Waals surface area contributed by atoms with E-state index in [-0.39, 0.29) is 0 Å². The Morgan fingerprint density at radius 2 is 0.947 bits per heavy atom. The number of fused-ring (bicyclic) bond motifs is 7. The predicted octanol–water partition coefficient (Wildman–Crippen LogP) is 13.5. The molecule has 0 unspecified atom stereocenters. The molecule has 0 saturated carbocycles. The molecule has 0 amide bonds. The number of hydrogen-bond donors (Lipinski definition) is 0. The lowest BCUT2D eigenvalue weighted by atomic mass is 9.92. The molecule has 5 heteroatoms. The topological polar surface area (TPSA) is 64.7 Å². The molecule has 264 valence electrons. The van der Waals surface area contributed by atoms with Crippen LogP contribution in [0.2, 0.25) is 0 Å². The van der Waals surface area contributed by atoms with E-state index in [4.69, 9.17) is 24.4 Å². The summed E-state index contributed by atoms with van der Waals surface area (Å²) in [6.45, 7) is 0. The highest BCUT2D eigenvalue weighted by molar-refractivity contribution is 6.17. The first-order valence-corrected chi connectivity index (χ1v) is 19.1. The Kier molecular flexibility index (Phi) is 6.86. The van der Waals surface area contributed by atoms with Gasteiger partial charge in [0.25, 0.3) is 0 Å². The second-order valence-corrected chi connectivity index (χ2v) is 14.6. The van der Waals surface area contributed by atoms with Crippen molar-refractivity contribution in [2.75, 3.05) is 0 Å². The summed E-state index contributed by atoms with van der Waals surface area (Å²) >= 11 is 0. The minimum atomic E-state index is 0.620. The van der Waals surface area contributed by atoms with Crippen LogP contribution in [-0.2, 0) is 0 Å². The van der Waals surface area contributed by atoms with Crippen LogP contribution in [0.5, 0.6) is 0 Å². The number of para-hydroxylation sites is 1. The molecule has 0 spiro atoms. The lowest BCUT2D eigenvalue weighted by molar-refractivity contribution is 0.669. The molecular weight excluding hydrogens is 697 g/mol. The maximum atomic E-state index is 6.28. The molecule has 1 aliphatic rings. The Balaban J connectivity index is 0.990. The van der Waals surface area contributed by atoms with Crippen molar-refractivity contribution in [2.24, 2.45) is 0 Å². The zero-order chi connectivity index (χ0) is 37.5. The molecule has 0 saturated heterocycles. The molecule has 0 bridgehead atoms. The Morgan fingerprint density at radius 3 is 1.77 bits per heavy atom. The van der Waals surface area contributed by atoms with Gasteiger partial charge in [-0.05, 0) is 85.9 Å². The summed E-state index contributed by atoms with van der Waals surface area (Å²) < 4.78 is 6.28. The van der Waals surface area contributed by atoms with Crippen LogP contribution in [0.15, 0.2) is 187 Å². The molecule has 11 aromatic rings. The van der Waals surface area contributed by atoms with E-state index >= 15 is 0 Å². The Bertz CT molecular complexity index is 3400. The predicted molar refractivity (Wildman–Crippen MR) is 232 cm³/mol. The molecule has 57 heavy (non-hydrogen) atoms. The fourth-order valence-electron chi connectivity index (χ4n) is 8.71. The third-order valence-electron chi connectivity index (χ3n) is 11.3. The van der Waals surface area contributed by atoms with Crippen molar-refractivity contribution in [1.29, 1.82) is 0 Å². The van der Waals surface area contributed by atoms with E-state index in [0.717, 1.165) is 77.3 Å². The van der Waals surface area contributed by atoms with Crippen LogP contribution in [0.4, 0.5) is 0 Å². The molecule has 3 heterocycles. The van der Waals surface area contributed by atoms with E-state index in [1.165, 1.54) is 27.5 Å². The van der Waals surface area contributed by atoms with E-state index in [9.17, 15) is 0 Å². The highest BCUT2D eigenvalue weighted by Gasteiger charge is 2.23. The van der Waals surface area contributed by atoms with E-state index in [1.54, 1.807) is 0 Å². The van der Waals surface area contributed by atoms with Gasteiger partial charge in [-0.2, -0.15) is 0 Å². The first-order valence-electron chi connectivity index (χ1n) is 19.1. The summed E-state index contributed by atoms with van der Waals surface area (Å²) in [6.07, 6.45) is 1.91. The van der Waals surface area contributed by atoms with Crippen molar-refractivity contribution >= 4 is 43.5 Å². The fourth-order valence-corrected chi connectivity index (χ4v) is 8.71. The summed E-state index contributed by atoms with van der Waals surface area (Å²) in [4.78, 5) is 20.1. The van der Waals surface area contributed by atoms with Crippen molar-refractivity contribution in [2.45, 2.75) is 0 Å². The SMILES string of the molecule is c1ccc(-c2nc(-c3ccc(-c4cc5c6c(nccc6c4)-c4ccccc4-5)cc3)nc(-c3ccc(-c4cccc5oc6ccccc6c45)c4ccccc34)n2)cc1. The molecule has 0 aliphatic heterocycles. The number of aromatic nitrogens is 4. The molecule has 3 aromatic heterocycles. The second-order valence-electron chi connectivity index (χ2n) is 14.6. The van der Waals surface area contributed by atoms with Crippen LogP contribution in [0.1, 0.15) is 0 Å². The molecule has 1 aliphatic carbocycles. The van der Waals surface area contributed by atoms with E-state index in [1.807, 2.05) is 54.7 Å². The molecule has 8 aromatic carbocycles. The smallest absolute Gasteiger partial charge is 0.164 e. The van der Waals surface area contributed by atoms with E-state index in [0.29, 0.717) is 17.5 Å². The maximum absolute atomic E-state index is 6.28. The van der Waals surface area contributed by atoms with Crippen LogP contribution in [0.3, 0.4) is 0 Å². The highest BCUT2D eigenvalue weighted by Crippen LogP contribution is 2.48. The number of hydrogen-bond acceptors (Lipinski definition) is 5. The first-order chi connectivity index (χ1) is 28.2. The van der Waals surface area contributed by atoms with Gasteiger partial charge in [0.05, 0.1) is 5.69 Å². The summed E-state index contributed by atoms with van der Waals surface area (Å²) in [7, 11) is 0.